The normalized spacial score (nSPS) is 10.1. The lowest BCUT2D eigenvalue weighted by Gasteiger charge is -2.13. The first-order valence-electron chi connectivity index (χ1n) is 5.67. The summed E-state index contributed by atoms with van der Waals surface area (Å²) in [6, 6.07) is 3.52. The van der Waals surface area contributed by atoms with Crippen LogP contribution in [-0.2, 0) is 6.42 Å². The summed E-state index contributed by atoms with van der Waals surface area (Å²) in [5, 5.41) is 0. The predicted molar refractivity (Wildman–Crippen MR) is 66.9 cm³/mol. The molecule has 0 aliphatic rings. The summed E-state index contributed by atoms with van der Waals surface area (Å²) in [5.74, 6) is 1.30. The van der Waals surface area contributed by atoms with Gasteiger partial charge in [-0.3, -0.25) is 4.79 Å². The Kier molecular flexibility index (Phi) is 5.49. The van der Waals surface area contributed by atoms with E-state index < -0.39 is 0 Å². The number of benzene rings is 1. The summed E-state index contributed by atoms with van der Waals surface area (Å²) in [7, 11) is 3.17. The molecule has 0 aromatic heterocycles. The van der Waals surface area contributed by atoms with Gasteiger partial charge in [0.15, 0.2) is 11.5 Å². The van der Waals surface area contributed by atoms with Crippen molar-refractivity contribution in [2.75, 3.05) is 20.8 Å². The minimum absolute atomic E-state index is 0.597. The Bertz CT molecular complexity index is 377. The lowest BCUT2D eigenvalue weighted by molar-refractivity contribution is 0.112. The van der Waals surface area contributed by atoms with Crippen LogP contribution in [0.25, 0.3) is 0 Å². The van der Waals surface area contributed by atoms with Gasteiger partial charge in [-0.2, -0.15) is 0 Å². The maximum atomic E-state index is 10.8. The van der Waals surface area contributed by atoms with Crippen LogP contribution in [0, 0.1) is 0 Å². The Labute approximate surface area is 102 Å². The summed E-state index contributed by atoms with van der Waals surface area (Å²) in [5.41, 5.74) is 7.05. The summed E-state index contributed by atoms with van der Waals surface area (Å²) < 4.78 is 10.5. The smallest absolute Gasteiger partial charge is 0.163 e. The SMILES string of the molecule is COc1cc(C=O)cc(CCCCN)c1OC. The number of aryl methyl sites for hydroxylation is 1. The van der Waals surface area contributed by atoms with E-state index in [4.69, 9.17) is 15.2 Å². The highest BCUT2D eigenvalue weighted by Crippen LogP contribution is 2.33. The highest BCUT2D eigenvalue weighted by Gasteiger charge is 2.11. The molecule has 0 saturated heterocycles. The number of methoxy groups -OCH3 is 2. The Morgan fingerprint density at radius 2 is 2.00 bits per heavy atom. The van der Waals surface area contributed by atoms with E-state index in [0.29, 0.717) is 23.6 Å². The lowest BCUT2D eigenvalue weighted by Crippen LogP contribution is -2.01. The van der Waals surface area contributed by atoms with Gasteiger partial charge in [0.05, 0.1) is 14.2 Å². The lowest BCUT2D eigenvalue weighted by atomic mass is 10.0. The number of hydrogen-bond acceptors (Lipinski definition) is 4. The molecule has 4 heteroatoms. The molecule has 0 amide bonds. The van der Waals surface area contributed by atoms with Gasteiger partial charge in [-0.15, -0.1) is 0 Å². The molecule has 1 aromatic carbocycles. The highest BCUT2D eigenvalue weighted by atomic mass is 16.5. The topological polar surface area (TPSA) is 61.5 Å². The molecule has 17 heavy (non-hydrogen) atoms. The van der Waals surface area contributed by atoms with Crippen molar-refractivity contribution in [1.29, 1.82) is 0 Å². The zero-order valence-corrected chi connectivity index (χ0v) is 10.4. The van der Waals surface area contributed by atoms with E-state index in [1.807, 2.05) is 6.07 Å². The molecule has 0 aliphatic heterocycles. The van der Waals surface area contributed by atoms with E-state index in [1.165, 1.54) is 0 Å². The number of carbonyl (C=O) groups excluding carboxylic acids is 1. The molecule has 2 N–H and O–H groups in total. The second kappa shape index (κ2) is 6.91. The zero-order valence-electron chi connectivity index (χ0n) is 10.4. The number of rotatable bonds is 7. The van der Waals surface area contributed by atoms with Gasteiger partial charge in [0.2, 0.25) is 0 Å². The van der Waals surface area contributed by atoms with E-state index in [2.05, 4.69) is 0 Å². The van der Waals surface area contributed by atoms with Crippen molar-refractivity contribution < 1.29 is 14.3 Å². The molecule has 1 rings (SSSR count). The minimum Gasteiger partial charge on any atom is -0.493 e. The first-order valence-corrected chi connectivity index (χ1v) is 5.67. The van der Waals surface area contributed by atoms with Crippen LogP contribution in [0.15, 0.2) is 12.1 Å². The molecular formula is C13H19NO3. The van der Waals surface area contributed by atoms with Gasteiger partial charge in [-0.25, -0.2) is 0 Å². The Hall–Kier alpha value is -1.55. The van der Waals surface area contributed by atoms with Gasteiger partial charge in [0, 0.05) is 5.56 Å². The fourth-order valence-corrected chi connectivity index (χ4v) is 1.78. The molecule has 0 fully saturated rings. The first-order chi connectivity index (χ1) is 8.26. The average molecular weight is 237 g/mol. The average Bonchev–Trinajstić information content (AvgIpc) is 2.37. The standard InChI is InChI=1S/C13H19NO3/c1-16-12-8-10(9-15)7-11(13(12)17-2)5-3-4-6-14/h7-9H,3-6,14H2,1-2H3. The maximum Gasteiger partial charge on any atom is 0.163 e. The van der Waals surface area contributed by atoms with Crippen LogP contribution in [0.4, 0.5) is 0 Å². The number of ether oxygens (including phenoxy) is 2. The summed E-state index contributed by atoms with van der Waals surface area (Å²) in [6.07, 6.45) is 3.57. The van der Waals surface area contributed by atoms with Crippen LogP contribution in [0.5, 0.6) is 11.5 Å². The van der Waals surface area contributed by atoms with Crippen LogP contribution < -0.4 is 15.2 Å². The van der Waals surface area contributed by atoms with Crippen molar-refractivity contribution >= 4 is 6.29 Å². The van der Waals surface area contributed by atoms with Gasteiger partial charge < -0.3 is 15.2 Å². The molecule has 94 valence electrons. The molecule has 4 nitrogen and oxygen atoms in total. The van der Waals surface area contributed by atoms with Crippen molar-refractivity contribution in [3.8, 4) is 11.5 Å². The van der Waals surface area contributed by atoms with E-state index >= 15 is 0 Å². The largest absolute Gasteiger partial charge is 0.493 e. The summed E-state index contributed by atoms with van der Waals surface area (Å²) in [6.45, 7) is 0.673. The van der Waals surface area contributed by atoms with Crippen LogP contribution in [0.3, 0.4) is 0 Å². The monoisotopic (exact) mass is 237 g/mol. The van der Waals surface area contributed by atoms with Crippen molar-refractivity contribution in [3.05, 3.63) is 23.3 Å². The van der Waals surface area contributed by atoms with Crippen molar-refractivity contribution in [3.63, 3.8) is 0 Å². The third-order valence-electron chi connectivity index (χ3n) is 2.61. The molecule has 0 radical (unpaired) electrons. The molecule has 0 spiro atoms. The highest BCUT2D eigenvalue weighted by molar-refractivity contribution is 5.77. The number of hydrogen-bond donors (Lipinski definition) is 1. The number of nitrogens with two attached hydrogens (primary N) is 1. The van der Waals surface area contributed by atoms with Crippen molar-refractivity contribution in [1.82, 2.24) is 0 Å². The van der Waals surface area contributed by atoms with Gasteiger partial charge in [-0.05, 0) is 43.5 Å². The van der Waals surface area contributed by atoms with Gasteiger partial charge >= 0.3 is 0 Å². The van der Waals surface area contributed by atoms with Crippen molar-refractivity contribution in [2.45, 2.75) is 19.3 Å². The van der Waals surface area contributed by atoms with Gasteiger partial charge in [-0.1, -0.05) is 0 Å². The van der Waals surface area contributed by atoms with E-state index in [-0.39, 0.29) is 0 Å². The van der Waals surface area contributed by atoms with Gasteiger partial charge in [0.25, 0.3) is 0 Å². The Balaban J connectivity index is 3.01. The molecular weight excluding hydrogens is 218 g/mol. The Morgan fingerprint density at radius 1 is 1.24 bits per heavy atom. The number of unbranched alkanes of at least 4 members (excludes halogenated alkanes) is 1. The van der Waals surface area contributed by atoms with E-state index in [0.717, 1.165) is 31.1 Å². The predicted octanol–water partition coefficient (Wildman–Crippen LogP) is 1.80. The van der Waals surface area contributed by atoms with Crippen molar-refractivity contribution in [2.24, 2.45) is 5.73 Å². The molecule has 0 aliphatic carbocycles. The summed E-state index contributed by atoms with van der Waals surface area (Å²) >= 11 is 0. The summed E-state index contributed by atoms with van der Waals surface area (Å²) in [4.78, 5) is 10.8. The Morgan fingerprint density at radius 3 is 2.53 bits per heavy atom. The quantitative estimate of drug-likeness (QED) is 0.580. The fourth-order valence-electron chi connectivity index (χ4n) is 1.78. The zero-order chi connectivity index (χ0) is 12.7. The minimum atomic E-state index is 0.597. The molecule has 0 saturated carbocycles. The molecule has 0 unspecified atom stereocenters. The third kappa shape index (κ3) is 3.46. The molecule has 0 atom stereocenters. The van der Waals surface area contributed by atoms with Crippen LogP contribution in [0.2, 0.25) is 0 Å². The van der Waals surface area contributed by atoms with Crippen LogP contribution in [-0.4, -0.2) is 27.1 Å². The number of aldehydes is 1. The van der Waals surface area contributed by atoms with E-state index in [9.17, 15) is 4.79 Å². The second-order valence-electron chi connectivity index (χ2n) is 3.78. The number of carbonyl (C=O) groups is 1. The van der Waals surface area contributed by atoms with Gasteiger partial charge in [0.1, 0.15) is 6.29 Å². The van der Waals surface area contributed by atoms with Crippen LogP contribution >= 0.6 is 0 Å². The molecule has 0 bridgehead atoms. The second-order valence-corrected chi connectivity index (χ2v) is 3.78. The van der Waals surface area contributed by atoms with E-state index in [1.54, 1.807) is 20.3 Å². The van der Waals surface area contributed by atoms with Crippen LogP contribution in [0.1, 0.15) is 28.8 Å². The molecule has 1 aromatic rings. The third-order valence-corrected chi connectivity index (χ3v) is 2.61. The molecule has 0 heterocycles. The fraction of sp³-hybridized carbons (Fsp3) is 0.462. The maximum absolute atomic E-state index is 10.8. The first kappa shape index (κ1) is 13.5.